The largest absolute Gasteiger partial charge is 0.427 e. The maximum absolute atomic E-state index is 12.7. The fourth-order valence-corrected chi connectivity index (χ4v) is 4.03. The molecule has 4 rings (SSSR count). The van der Waals surface area contributed by atoms with Gasteiger partial charge in [-0.1, -0.05) is 49.4 Å². The second-order valence-electron chi connectivity index (χ2n) is 8.47. The summed E-state index contributed by atoms with van der Waals surface area (Å²) in [6, 6.07) is 23.6. The molecule has 1 fully saturated rings. The first-order valence-electron chi connectivity index (χ1n) is 11.8. The molecule has 0 bridgehead atoms. The third-order valence-electron chi connectivity index (χ3n) is 5.87. The van der Waals surface area contributed by atoms with E-state index in [0.29, 0.717) is 17.9 Å². The summed E-state index contributed by atoms with van der Waals surface area (Å²) in [7, 11) is 0. The van der Waals surface area contributed by atoms with Gasteiger partial charge in [0.1, 0.15) is 5.75 Å². The van der Waals surface area contributed by atoms with E-state index in [1.165, 1.54) is 11.1 Å². The predicted octanol–water partition coefficient (Wildman–Crippen LogP) is 4.00. The molecule has 6 heteroatoms. The zero-order valence-electron chi connectivity index (χ0n) is 19.5. The van der Waals surface area contributed by atoms with Crippen molar-refractivity contribution in [1.82, 2.24) is 15.5 Å². The van der Waals surface area contributed by atoms with E-state index in [1.807, 2.05) is 12.1 Å². The van der Waals surface area contributed by atoms with Gasteiger partial charge in [0.15, 0.2) is 0 Å². The third-order valence-corrected chi connectivity index (χ3v) is 5.87. The topological polar surface area (TPSA) is 70.7 Å². The highest BCUT2D eigenvalue weighted by Crippen LogP contribution is 2.23. The molecule has 0 atom stereocenters. The van der Waals surface area contributed by atoms with Gasteiger partial charge in [-0.2, -0.15) is 0 Å². The van der Waals surface area contributed by atoms with Crippen molar-refractivity contribution in [1.29, 1.82) is 0 Å². The normalized spacial score (nSPS) is 13.9. The Morgan fingerprint density at radius 2 is 1.59 bits per heavy atom. The van der Waals surface area contributed by atoms with Gasteiger partial charge in [0.25, 0.3) is 5.91 Å². The highest BCUT2D eigenvalue weighted by Gasteiger charge is 2.11. The fraction of sp³-hybridized carbons (Fsp3) is 0.286. The van der Waals surface area contributed by atoms with Gasteiger partial charge in [-0.05, 0) is 52.6 Å². The maximum Gasteiger partial charge on any atom is 0.310 e. The first-order chi connectivity index (χ1) is 16.6. The number of rotatable bonds is 8. The van der Waals surface area contributed by atoms with Gasteiger partial charge >= 0.3 is 5.97 Å². The molecule has 0 spiro atoms. The smallest absolute Gasteiger partial charge is 0.310 e. The molecule has 176 valence electrons. The lowest BCUT2D eigenvalue weighted by atomic mass is 10.0. The van der Waals surface area contributed by atoms with Crippen LogP contribution in [0.25, 0.3) is 11.1 Å². The molecule has 0 saturated carbocycles. The SMILES string of the molecule is CCC(=O)Oc1cccc(C(=O)NCc2cccc(-c3cccc(CN4CCNCC4)c3)c2)c1. The second-order valence-corrected chi connectivity index (χ2v) is 8.47. The van der Waals surface area contributed by atoms with Crippen molar-refractivity contribution >= 4 is 11.9 Å². The van der Waals surface area contributed by atoms with Crippen molar-refractivity contribution in [2.24, 2.45) is 0 Å². The minimum Gasteiger partial charge on any atom is -0.427 e. The number of amides is 1. The number of nitrogens with zero attached hydrogens (tertiary/aromatic N) is 1. The Kier molecular flexibility index (Phi) is 8.07. The van der Waals surface area contributed by atoms with Crippen molar-refractivity contribution in [3.8, 4) is 16.9 Å². The van der Waals surface area contributed by atoms with Crippen LogP contribution in [0.2, 0.25) is 0 Å². The van der Waals surface area contributed by atoms with Crippen LogP contribution in [0.4, 0.5) is 0 Å². The molecular formula is C28H31N3O3. The summed E-state index contributed by atoms with van der Waals surface area (Å²) in [6.45, 7) is 7.33. The van der Waals surface area contributed by atoms with Gasteiger partial charge < -0.3 is 15.4 Å². The van der Waals surface area contributed by atoms with Crippen LogP contribution in [0.5, 0.6) is 5.75 Å². The molecule has 2 N–H and O–H groups in total. The van der Waals surface area contributed by atoms with Crippen LogP contribution in [-0.2, 0) is 17.9 Å². The lowest BCUT2D eigenvalue weighted by Crippen LogP contribution is -2.42. The fourth-order valence-electron chi connectivity index (χ4n) is 4.03. The molecule has 6 nitrogen and oxygen atoms in total. The van der Waals surface area contributed by atoms with Crippen molar-refractivity contribution in [2.45, 2.75) is 26.4 Å². The molecular weight excluding hydrogens is 426 g/mol. The van der Waals surface area contributed by atoms with Crippen LogP contribution < -0.4 is 15.4 Å². The van der Waals surface area contributed by atoms with Gasteiger partial charge in [-0.3, -0.25) is 14.5 Å². The summed E-state index contributed by atoms with van der Waals surface area (Å²) in [6.07, 6.45) is 0.283. The number of hydrogen-bond donors (Lipinski definition) is 2. The summed E-state index contributed by atoms with van der Waals surface area (Å²) < 4.78 is 5.21. The van der Waals surface area contributed by atoms with E-state index >= 15 is 0 Å². The molecule has 1 saturated heterocycles. The van der Waals surface area contributed by atoms with E-state index < -0.39 is 0 Å². The number of ether oxygens (including phenoxy) is 1. The molecule has 0 unspecified atom stereocenters. The summed E-state index contributed by atoms with van der Waals surface area (Å²) in [5, 5.41) is 6.36. The van der Waals surface area contributed by atoms with E-state index in [4.69, 9.17) is 4.74 Å². The van der Waals surface area contributed by atoms with E-state index in [9.17, 15) is 9.59 Å². The average Bonchev–Trinajstić information content (AvgIpc) is 2.88. The maximum atomic E-state index is 12.7. The van der Waals surface area contributed by atoms with E-state index in [-0.39, 0.29) is 18.3 Å². The molecule has 3 aromatic carbocycles. The Morgan fingerprint density at radius 3 is 2.32 bits per heavy atom. The Bertz CT molecular complexity index is 1140. The van der Waals surface area contributed by atoms with Crippen molar-refractivity contribution in [3.05, 3.63) is 89.5 Å². The van der Waals surface area contributed by atoms with Gasteiger partial charge in [0.2, 0.25) is 0 Å². The molecule has 34 heavy (non-hydrogen) atoms. The van der Waals surface area contributed by atoms with Gasteiger partial charge in [-0.25, -0.2) is 0 Å². The van der Waals surface area contributed by atoms with Crippen LogP contribution in [0.15, 0.2) is 72.8 Å². The van der Waals surface area contributed by atoms with Crippen molar-refractivity contribution < 1.29 is 14.3 Å². The Hall–Kier alpha value is -3.48. The summed E-state index contributed by atoms with van der Waals surface area (Å²) in [5.74, 6) is -0.161. The molecule has 0 aliphatic carbocycles. The van der Waals surface area contributed by atoms with Crippen molar-refractivity contribution in [3.63, 3.8) is 0 Å². The minimum atomic E-state index is -0.327. The number of esters is 1. The van der Waals surface area contributed by atoms with Crippen LogP contribution in [0.1, 0.15) is 34.8 Å². The quantitative estimate of drug-likeness (QED) is 0.395. The second kappa shape index (κ2) is 11.6. The number of carbonyl (C=O) groups is 2. The molecule has 1 aliphatic heterocycles. The van der Waals surface area contributed by atoms with Crippen molar-refractivity contribution in [2.75, 3.05) is 26.2 Å². The van der Waals surface area contributed by atoms with E-state index in [2.05, 4.69) is 51.9 Å². The molecule has 1 heterocycles. The molecule has 1 amide bonds. The van der Waals surface area contributed by atoms with Crippen LogP contribution in [-0.4, -0.2) is 43.0 Å². The number of benzene rings is 3. The Balaban J connectivity index is 1.39. The van der Waals surface area contributed by atoms with Gasteiger partial charge in [0, 0.05) is 51.3 Å². The summed E-state index contributed by atoms with van der Waals surface area (Å²) >= 11 is 0. The third kappa shape index (κ3) is 6.53. The molecule has 0 radical (unpaired) electrons. The molecule has 3 aromatic rings. The first-order valence-corrected chi connectivity index (χ1v) is 11.8. The monoisotopic (exact) mass is 457 g/mol. The van der Waals surface area contributed by atoms with E-state index in [1.54, 1.807) is 31.2 Å². The number of hydrogen-bond acceptors (Lipinski definition) is 5. The minimum absolute atomic E-state index is 0.210. The Morgan fingerprint density at radius 1 is 0.912 bits per heavy atom. The van der Waals surface area contributed by atoms with Gasteiger partial charge in [-0.15, -0.1) is 0 Å². The highest BCUT2D eigenvalue weighted by molar-refractivity contribution is 5.94. The predicted molar refractivity (Wildman–Crippen MR) is 134 cm³/mol. The van der Waals surface area contributed by atoms with Gasteiger partial charge in [0.05, 0.1) is 0 Å². The molecule has 0 aromatic heterocycles. The molecule has 1 aliphatic rings. The average molecular weight is 458 g/mol. The summed E-state index contributed by atoms with van der Waals surface area (Å²) in [4.78, 5) is 26.6. The zero-order valence-corrected chi connectivity index (χ0v) is 19.5. The zero-order chi connectivity index (χ0) is 23.8. The number of piperazine rings is 1. The lowest BCUT2D eigenvalue weighted by molar-refractivity contribution is -0.134. The number of carbonyl (C=O) groups excluding carboxylic acids is 2. The highest BCUT2D eigenvalue weighted by atomic mass is 16.5. The Labute approximate surface area is 200 Å². The lowest BCUT2D eigenvalue weighted by Gasteiger charge is -2.27. The van der Waals surface area contributed by atoms with Crippen LogP contribution >= 0.6 is 0 Å². The standard InChI is InChI=1S/C28H31N3O3/c1-2-27(32)34-26-11-5-10-25(18-26)28(33)30-19-21-6-3-8-23(16-21)24-9-4-7-22(17-24)20-31-14-12-29-13-15-31/h3-11,16-18,29H,2,12-15,19-20H2,1H3,(H,30,33). The first kappa shape index (κ1) is 23.7. The van der Waals surface area contributed by atoms with E-state index in [0.717, 1.165) is 43.9 Å². The summed E-state index contributed by atoms with van der Waals surface area (Å²) in [5.41, 5.74) is 5.08. The van der Waals surface area contributed by atoms with Crippen LogP contribution in [0.3, 0.4) is 0 Å². The van der Waals surface area contributed by atoms with Crippen LogP contribution in [0, 0.1) is 0 Å². The number of nitrogens with one attached hydrogen (secondary N) is 2.